The fourth-order valence-corrected chi connectivity index (χ4v) is 6.34. The lowest BCUT2D eigenvalue weighted by Gasteiger charge is -2.36. The first-order chi connectivity index (χ1) is 16.2. The van der Waals surface area contributed by atoms with Crippen molar-refractivity contribution in [3.8, 4) is 0 Å². The molecular formula is C26H25N3OS3. The van der Waals surface area contributed by atoms with E-state index < -0.39 is 0 Å². The van der Waals surface area contributed by atoms with E-state index in [0.29, 0.717) is 5.75 Å². The lowest BCUT2D eigenvalue weighted by Crippen LogP contribution is -2.47. The second-order valence-corrected chi connectivity index (χ2v) is 10.8. The SMILES string of the molecule is O=C(CSC(=S)N1CCN(Cc2ccccc2)CC1)N1c2ccccc2Sc2ccccc21. The maximum Gasteiger partial charge on any atom is 0.242 e. The van der Waals surface area contributed by atoms with Crippen molar-refractivity contribution in [2.24, 2.45) is 0 Å². The average Bonchev–Trinajstić information content (AvgIpc) is 2.86. The molecular weight excluding hydrogens is 467 g/mol. The van der Waals surface area contributed by atoms with Crippen molar-refractivity contribution < 1.29 is 4.79 Å². The van der Waals surface area contributed by atoms with Gasteiger partial charge in [-0.05, 0) is 29.8 Å². The van der Waals surface area contributed by atoms with Crippen molar-refractivity contribution in [2.45, 2.75) is 16.3 Å². The summed E-state index contributed by atoms with van der Waals surface area (Å²) in [5.74, 6) is 0.390. The van der Waals surface area contributed by atoms with E-state index in [0.717, 1.165) is 58.2 Å². The number of para-hydroxylation sites is 2. The molecule has 1 fully saturated rings. The maximum atomic E-state index is 13.4. The van der Waals surface area contributed by atoms with Gasteiger partial charge in [-0.1, -0.05) is 90.3 Å². The number of carbonyl (C=O) groups excluding carboxylic acids is 1. The Labute approximate surface area is 208 Å². The minimum atomic E-state index is 0.0604. The Bertz CT molecular complexity index is 1100. The number of anilines is 2. The minimum Gasteiger partial charge on any atom is -0.355 e. The molecule has 2 heterocycles. The van der Waals surface area contributed by atoms with Crippen molar-refractivity contribution in [2.75, 3.05) is 36.8 Å². The first-order valence-electron chi connectivity index (χ1n) is 11.1. The molecule has 5 rings (SSSR count). The summed E-state index contributed by atoms with van der Waals surface area (Å²) in [4.78, 5) is 22.1. The molecule has 0 atom stereocenters. The third kappa shape index (κ3) is 5.11. The summed E-state index contributed by atoms with van der Waals surface area (Å²) < 4.78 is 0.815. The van der Waals surface area contributed by atoms with Crippen LogP contribution in [0.2, 0.25) is 0 Å². The molecule has 0 spiro atoms. The van der Waals surface area contributed by atoms with Gasteiger partial charge >= 0.3 is 0 Å². The van der Waals surface area contributed by atoms with Gasteiger partial charge in [0.25, 0.3) is 0 Å². The van der Waals surface area contributed by atoms with Crippen LogP contribution < -0.4 is 4.90 Å². The Kier molecular flexibility index (Phi) is 7.02. The standard InChI is InChI=1S/C26H25N3OS3/c30-25(29-21-10-4-6-12-23(21)33-24-13-7-5-11-22(24)29)19-32-26(31)28-16-14-27(15-17-28)18-20-8-2-1-3-9-20/h1-13H,14-19H2. The first kappa shape index (κ1) is 22.5. The third-order valence-corrected chi connectivity index (χ3v) is 8.52. The van der Waals surface area contributed by atoms with Gasteiger partial charge in [-0.3, -0.25) is 14.6 Å². The van der Waals surface area contributed by atoms with Gasteiger partial charge in [0.2, 0.25) is 5.91 Å². The van der Waals surface area contributed by atoms with E-state index in [1.54, 1.807) is 11.8 Å². The molecule has 33 heavy (non-hydrogen) atoms. The molecule has 0 saturated carbocycles. The van der Waals surface area contributed by atoms with Crippen LogP contribution >= 0.6 is 35.7 Å². The Morgan fingerprint density at radius 3 is 2.03 bits per heavy atom. The van der Waals surface area contributed by atoms with Crippen LogP contribution in [0.4, 0.5) is 11.4 Å². The summed E-state index contributed by atoms with van der Waals surface area (Å²) in [6.45, 7) is 4.73. The topological polar surface area (TPSA) is 26.8 Å². The monoisotopic (exact) mass is 491 g/mol. The Morgan fingerprint density at radius 2 is 1.39 bits per heavy atom. The van der Waals surface area contributed by atoms with Gasteiger partial charge in [0, 0.05) is 42.5 Å². The summed E-state index contributed by atoms with van der Waals surface area (Å²) in [6, 6.07) is 26.8. The van der Waals surface area contributed by atoms with Gasteiger partial charge in [0.1, 0.15) is 4.32 Å². The molecule has 3 aromatic carbocycles. The molecule has 7 heteroatoms. The summed E-state index contributed by atoms with van der Waals surface area (Å²) in [5.41, 5.74) is 3.24. The lowest BCUT2D eigenvalue weighted by atomic mass is 10.2. The molecule has 0 bridgehead atoms. The molecule has 168 valence electrons. The number of nitrogens with zero attached hydrogens (tertiary/aromatic N) is 3. The van der Waals surface area contributed by atoms with Gasteiger partial charge in [-0.2, -0.15) is 0 Å². The van der Waals surface area contributed by atoms with E-state index in [9.17, 15) is 4.79 Å². The van der Waals surface area contributed by atoms with E-state index in [4.69, 9.17) is 12.2 Å². The van der Waals surface area contributed by atoms with Crippen molar-refractivity contribution in [1.29, 1.82) is 0 Å². The first-order valence-corrected chi connectivity index (χ1v) is 13.3. The van der Waals surface area contributed by atoms with Crippen LogP contribution in [-0.4, -0.2) is 52.0 Å². The molecule has 0 aromatic heterocycles. The van der Waals surface area contributed by atoms with Crippen molar-refractivity contribution >= 4 is 57.3 Å². The number of benzene rings is 3. The highest BCUT2D eigenvalue weighted by atomic mass is 32.2. The number of hydrogen-bond acceptors (Lipinski definition) is 5. The zero-order chi connectivity index (χ0) is 22.6. The lowest BCUT2D eigenvalue weighted by molar-refractivity contribution is -0.115. The zero-order valence-corrected chi connectivity index (χ0v) is 20.7. The second-order valence-electron chi connectivity index (χ2n) is 8.07. The number of amides is 1. The van der Waals surface area contributed by atoms with E-state index in [1.807, 2.05) is 41.3 Å². The summed E-state index contributed by atoms with van der Waals surface area (Å²) in [5, 5.41) is 0. The molecule has 3 aromatic rings. The van der Waals surface area contributed by atoms with Gasteiger partial charge in [0.05, 0.1) is 17.1 Å². The summed E-state index contributed by atoms with van der Waals surface area (Å²) >= 11 is 8.91. The molecule has 1 amide bonds. The van der Waals surface area contributed by atoms with Crippen LogP contribution in [0.25, 0.3) is 0 Å². The maximum absolute atomic E-state index is 13.4. The Morgan fingerprint density at radius 1 is 0.818 bits per heavy atom. The number of rotatable bonds is 4. The molecule has 0 unspecified atom stereocenters. The Hall–Kier alpha value is -2.32. The van der Waals surface area contributed by atoms with Crippen LogP contribution in [0, 0.1) is 0 Å². The molecule has 0 radical (unpaired) electrons. The van der Waals surface area contributed by atoms with Crippen LogP contribution in [0.3, 0.4) is 0 Å². The van der Waals surface area contributed by atoms with Crippen molar-refractivity contribution in [1.82, 2.24) is 9.80 Å². The molecule has 2 aliphatic heterocycles. The predicted molar refractivity (Wildman–Crippen MR) is 143 cm³/mol. The summed E-state index contributed by atoms with van der Waals surface area (Å²) in [6.07, 6.45) is 0. The van der Waals surface area contributed by atoms with Gasteiger partial charge in [-0.25, -0.2) is 0 Å². The second kappa shape index (κ2) is 10.3. The summed E-state index contributed by atoms with van der Waals surface area (Å²) in [7, 11) is 0. The van der Waals surface area contributed by atoms with Crippen molar-refractivity contribution in [3.63, 3.8) is 0 Å². The number of fused-ring (bicyclic) bond motifs is 2. The van der Waals surface area contributed by atoms with Crippen LogP contribution in [0.1, 0.15) is 5.56 Å². The highest BCUT2D eigenvalue weighted by molar-refractivity contribution is 8.23. The normalized spacial score (nSPS) is 15.6. The van der Waals surface area contributed by atoms with Crippen LogP contribution in [0.15, 0.2) is 88.7 Å². The minimum absolute atomic E-state index is 0.0604. The van der Waals surface area contributed by atoms with Crippen molar-refractivity contribution in [3.05, 3.63) is 84.4 Å². The predicted octanol–water partition coefficient (Wildman–Crippen LogP) is 5.65. The smallest absolute Gasteiger partial charge is 0.242 e. The van der Waals surface area contributed by atoms with Crippen LogP contribution in [-0.2, 0) is 11.3 Å². The highest BCUT2D eigenvalue weighted by Gasteiger charge is 2.28. The van der Waals surface area contributed by atoms with Gasteiger partial charge in [0.15, 0.2) is 0 Å². The van der Waals surface area contributed by atoms with Gasteiger partial charge < -0.3 is 4.90 Å². The zero-order valence-electron chi connectivity index (χ0n) is 18.2. The number of thioether (sulfide) groups is 1. The molecule has 4 nitrogen and oxygen atoms in total. The quantitative estimate of drug-likeness (QED) is 0.438. The molecule has 2 aliphatic rings. The average molecular weight is 492 g/mol. The van der Waals surface area contributed by atoms with E-state index in [1.165, 1.54) is 17.3 Å². The molecule has 0 N–H and O–H groups in total. The number of piperazine rings is 1. The Balaban J connectivity index is 1.19. The van der Waals surface area contributed by atoms with E-state index in [2.05, 4.69) is 52.3 Å². The van der Waals surface area contributed by atoms with Gasteiger partial charge in [-0.15, -0.1) is 0 Å². The third-order valence-electron chi connectivity index (χ3n) is 5.88. The number of carbonyl (C=O) groups is 1. The largest absolute Gasteiger partial charge is 0.355 e. The fraction of sp³-hybridized carbons (Fsp3) is 0.231. The molecule has 0 aliphatic carbocycles. The number of hydrogen-bond donors (Lipinski definition) is 0. The molecule has 1 saturated heterocycles. The number of thiocarbonyl (C=S) groups is 1. The van der Waals surface area contributed by atoms with E-state index >= 15 is 0 Å². The van der Waals surface area contributed by atoms with Crippen LogP contribution in [0.5, 0.6) is 0 Å². The fourth-order valence-electron chi connectivity index (χ4n) is 4.18. The van der Waals surface area contributed by atoms with E-state index in [-0.39, 0.29) is 5.91 Å². The highest BCUT2D eigenvalue weighted by Crippen LogP contribution is 2.48.